The lowest BCUT2D eigenvalue weighted by Crippen LogP contribution is -2.01. The summed E-state index contributed by atoms with van der Waals surface area (Å²) < 4.78 is 0.612. The maximum Gasteiger partial charge on any atom is 0.324 e. The highest BCUT2D eigenvalue weighted by Gasteiger charge is 2.15. The molecule has 0 bridgehead atoms. The minimum atomic E-state index is -0.483. The fraction of sp³-hybridized carbons (Fsp3) is 0.0909. The molecular weight excluding hydrogens is 350 g/mol. The summed E-state index contributed by atoms with van der Waals surface area (Å²) in [6.07, 6.45) is 0. The monoisotopic (exact) mass is 357 g/mol. The molecule has 0 unspecified atom stereocenters. The number of hydrogen-bond acceptors (Lipinski definition) is 6. The van der Waals surface area contributed by atoms with Gasteiger partial charge in [-0.3, -0.25) is 20.2 Å². The normalized spacial score (nSPS) is 10.2. The molecule has 0 aliphatic carbocycles. The fourth-order valence-electron chi connectivity index (χ4n) is 1.55. The lowest BCUT2D eigenvalue weighted by Gasteiger charge is -2.06. The topological polar surface area (TPSA) is 98.3 Å². The predicted octanol–water partition coefficient (Wildman–Crippen LogP) is 3.94. The van der Waals surface area contributed by atoms with Crippen LogP contribution in [0.2, 0.25) is 0 Å². The minimum absolute atomic E-state index is 0.0482. The van der Waals surface area contributed by atoms with E-state index in [1.54, 1.807) is 17.5 Å². The fourth-order valence-corrected chi connectivity index (χ4v) is 2.63. The second-order valence-electron chi connectivity index (χ2n) is 3.82. The lowest BCUT2D eigenvalue weighted by atomic mass is 10.2. The standard InChI is InChI=1S/C11H8BrN3O4S/c12-8-1-2-9(10(4-8)14(16)17)13-5-7-3-11(15(18)19)20-6-7/h1-4,6,13H,5H2. The Balaban J connectivity index is 2.14. The molecule has 104 valence electrons. The molecule has 0 spiro atoms. The van der Waals surface area contributed by atoms with Crippen molar-refractivity contribution in [3.05, 3.63) is 59.9 Å². The van der Waals surface area contributed by atoms with Crippen molar-refractivity contribution in [2.24, 2.45) is 0 Å². The number of halogens is 1. The van der Waals surface area contributed by atoms with Gasteiger partial charge in [-0.2, -0.15) is 0 Å². The summed E-state index contributed by atoms with van der Waals surface area (Å²) in [5, 5.41) is 26.1. The van der Waals surface area contributed by atoms with Gasteiger partial charge in [-0.1, -0.05) is 27.3 Å². The van der Waals surface area contributed by atoms with Crippen LogP contribution in [0.15, 0.2) is 34.1 Å². The van der Waals surface area contributed by atoms with E-state index >= 15 is 0 Å². The number of thiophene rings is 1. The van der Waals surface area contributed by atoms with E-state index in [2.05, 4.69) is 21.2 Å². The first-order valence-electron chi connectivity index (χ1n) is 5.37. The molecule has 0 saturated carbocycles. The zero-order chi connectivity index (χ0) is 14.7. The molecule has 0 radical (unpaired) electrons. The summed E-state index contributed by atoms with van der Waals surface area (Å²) in [4.78, 5) is 20.6. The Hall–Kier alpha value is -2.00. The zero-order valence-electron chi connectivity index (χ0n) is 9.91. The van der Waals surface area contributed by atoms with Crippen molar-refractivity contribution in [3.8, 4) is 0 Å². The zero-order valence-corrected chi connectivity index (χ0v) is 12.3. The van der Waals surface area contributed by atoms with Crippen molar-refractivity contribution < 1.29 is 9.85 Å². The second kappa shape index (κ2) is 5.97. The summed E-state index contributed by atoms with van der Waals surface area (Å²) in [6, 6.07) is 6.12. The van der Waals surface area contributed by atoms with Crippen molar-refractivity contribution in [2.75, 3.05) is 5.32 Å². The SMILES string of the molecule is O=[N+]([O-])c1cc(CNc2ccc(Br)cc2[N+](=O)[O-])cs1. The number of hydrogen-bond donors (Lipinski definition) is 1. The van der Waals surface area contributed by atoms with Gasteiger partial charge in [0.25, 0.3) is 5.69 Å². The van der Waals surface area contributed by atoms with Crippen LogP contribution in [0.5, 0.6) is 0 Å². The van der Waals surface area contributed by atoms with E-state index in [4.69, 9.17) is 0 Å². The molecule has 2 aromatic rings. The third-order valence-electron chi connectivity index (χ3n) is 2.46. The molecule has 2 rings (SSSR count). The Morgan fingerprint density at radius 2 is 1.95 bits per heavy atom. The molecule has 0 aliphatic heterocycles. The molecular formula is C11H8BrN3O4S. The number of rotatable bonds is 5. The minimum Gasteiger partial charge on any atom is -0.375 e. The Bertz CT molecular complexity index is 673. The first-order valence-corrected chi connectivity index (χ1v) is 7.04. The van der Waals surface area contributed by atoms with E-state index < -0.39 is 9.85 Å². The molecule has 1 N–H and O–H groups in total. The molecule has 1 aromatic carbocycles. The van der Waals surface area contributed by atoms with Crippen molar-refractivity contribution in [1.82, 2.24) is 0 Å². The van der Waals surface area contributed by atoms with E-state index in [0.29, 0.717) is 15.7 Å². The van der Waals surface area contributed by atoms with E-state index in [1.807, 2.05) is 0 Å². The number of benzene rings is 1. The maximum atomic E-state index is 10.9. The van der Waals surface area contributed by atoms with E-state index in [9.17, 15) is 20.2 Å². The largest absolute Gasteiger partial charge is 0.375 e. The number of nitro benzene ring substituents is 1. The van der Waals surface area contributed by atoms with Crippen LogP contribution in [0.4, 0.5) is 16.4 Å². The van der Waals surface area contributed by atoms with Gasteiger partial charge in [0.15, 0.2) is 0 Å². The quantitative estimate of drug-likeness (QED) is 0.645. The number of nitrogens with one attached hydrogen (secondary N) is 1. The Morgan fingerprint density at radius 3 is 2.55 bits per heavy atom. The van der Waals surface area contributed by atoms with Gasteiger partial charge >= 0.3 is 5.00 Å². The van der Waals surface area contributed by atoms with Crippen LogP contribution in [0.3, 0.4) is 0 Å². The highest BCUT2D eigenvalue weighted by molar-refractivity contribution is 9.10. The first-order chi connectivity index (χ1) is 9.47. The molecule has 0 aliphatic rings. The van der Waals surface area contributed by atoms with E-state index in [1.165, 1.54) is 12.1 Å². The van der Waals surface area contributed by atoms with Gasteiger partial charge < -0.3 is 5.32 Å². The van der Waals surface area contributed by atoms with Gasteiger partial charge in [-0.15, -0.1) is 0 Å². The van der Waals surface area contributed by atoms with E-state index in [0.717, 1.165) is 11.3 Å². The van der Waals surface area contributed by atoms with Gasteiger partial charge in [0, 0.05) is 28.5 Å². The Morgan fingerprint density at radius 1 is 1.20 bits per heavy atom. The second-order valence-corrected chi connectivity index (χ2v) is 5.63. The van der Waals surface area contributed by atoms with Crippen LogP contribution in [0.25, 0.3) is 0 Å². The van der Waals surface area contributed by atoms with Gasteiger partial charge in [-0.25, -0.2) is 0 Å². The summed E-state index contributed by atoms with van der Waals surface area (Å²) in [5.41, 5.74) is 1.02. The maximum absolute atomic E-state index is 10.9. The van der Waals surface area contributed by atoms with Crippen LogP contribution < -0.4 is 5.32 Å². The summed E-state index contributed by atoms with van der Waals surface area (Å²) in [6.45, 7) is 0.285. The summed E-state index contributed by atoms with van der Waals surface area (Å²) >= 11 is 4.20. The lowest BCUT2D eigenvalue weighted by molar-refractivity contribution is -0.384. The molecule has 1 heterocycles. The van der Waals surface area contributed by atoms with Gasteiger partial charge in [-0.05, 0) is 17.7 Å². The Kier molecular flexibility index (Phi) is 4.30. The molecule has 20 heavy (non-hydrogen) atoms. The number of nitro groups is 2. The van der Waals surface area contributed by atoms with Gasteiger partial charge in [0.05, 0.1) is 9.85 Å². The van der Waals surface area contributed by atoms with Crippen LogP contribution in [0.1, 0.15) is 5.56 Å². The highest BCUT2D eigenvalue weighted by Crippen LogP contribution is 2.29. The van der Waals surface area contributed by atoms with Crippen LogP contribution >= 0.6 is 27.3 Å². The average molecular weight is 358 g/mol. The van der Waals surface area contributed by atoms with E-state index in [-0.39, 0.29) is 17.2 Å². The predicted molar refractivity (Wildman–Crippen MR) is 79.1 cm³/mol. The summed E-state index contributed by atoms with van der Waals surface area (Å²) in [7, 11) is 0. The molecule has 0 atom stereocenters. The summed E-state index contributed by atoms with van der Waals surface area (Å²) in [5.74, 6) is 0. The smallest absolute Gasteiger partial charge is 0.324 e. The molecule has 0 fully saturated rings. The van der Waals surface area contributed by atoms with Crippen LogP contribution in [-0.2, 0) is 6.54 Å². The molecule has 7 nitrogen and oxygen atoms in total. The Labute approximate surface area is 125 Å². The van der Waals surface area contributed by atoms with Gasteiger partial charge in [0.1, 0.15) is 5.69 Å². The van der Waals surface area contributed by atoms with Crippen molar-refractivity contribution in [2.45, 2.75) is 6.54 Å². The molecule has 9 heteroatoms. The number of nitrogens with zero attached hydrogens (tertiary/aromatic N) is 2. The third-order valence-corrected chi connectivity index (χ3v) is 3.88. The van der Waals surface area contributed by atoms with Crippen molar-refractivity contribution in [1.29, 1.82) is 0 Å². The highest BCUT2D eigenvalue weighted by atomic mass is 79.9. The van der Waals surface area contributed by atoms with Crippen LogP contribution in [-0.4, -0.2) is 9.85 Å². The van der Waals surface area contributed by atoms with Crippen molar-refractivity contribution >= 4 is 43.6 Å². The van der Waals surface area contributed by atoms with Crippen molar-refractivity contribution in [3.63, 3.8) is 0 Å². The molecule has 0 amide bonds. The number of anilines is 1. The molecule has 1 aromatic heterocycles. The van der Waals surface area contributed by atoms with Crippen LogP contribution in [0, 0.1) is 20.2 Å². The van der Waals surface area contributed by atoms with Gasteiger partial charge in [0.2, 0.25) is 0 Å². The first kappa shape index (κ1) is 14.4. The molecule has 0 saturated heterocycles. The third kappa shape index (κ3) is 3.31. The average Bonchev–Trinajstić information content (AvgIpc) is 2.86.